The molecule has 0 saturated carbocycles. The van der Waals surface area contributed by atoms with Crippen LogP contribution in [0.1, 0.15) is 35.8 Å². The van der Waals surface area contributed by atoms with Gasteiger partial charge in [0.1, 0.15) is 5.69 Å². The number of aromatic nitrogens is 1. The number of pyridine rings is 1. The predicted molar refractivity (Wildman–Crippen MR) is 69.2 cm³/mol. The zero-order chi connectivity index (χ0) is 12.8. The van der Waals surface area contributed by atoms with Gasteiger partial charge in [0.05, 0.1) is 0 Å². The van der Waals surface area contributed by atoms with Crippen molar-refractivity contribution in [3.05, 3.63) is 29.6 Å². The van der Waals surface area contributed by atoms with Crippen molar-refractivity contribution in [3.63, 3.8) is 0 Å². The average Bonchev–Trinajstić information content (AvgIpc) is 2.28. The number of likely N-dealkylation sites (N-methyl/N-ethyl adjacent to an activating group) is 1. The van der Waals surface area contributed by atoms with E-state index in [1.807, 2.05) is 31.1 Å². The van der Waals surface area contributed by atoms with Gasteiger partial charge in [-0.3, -0.25) is 9.78 Å². The lowest BCUT2D eigenvalue weighted by Crippen LogP contribution is -2.31. The second kappa shape index (κ2) is 6.35. The SMILES string of the molecule is CC(C)c1ccnc(C(=O)NCCN(C)C)c1. The third kappa shape index (κ3) is 4.53. The molecule has 1 aromatic rings. The molecule has 94 valence electrons. The molecule has 0 bridgehead atoms. The van der Waals surface area contributed by atoms with Crippen LogP contribution in [0.4, 0.5) is 0 Å². The lowest BCUT2D eigenvalue weighted by atomic mass is 10.0. The van der Waals surface area contributed by atoms with Gasteiger partial charge in [0.2, 0.25) is 0 Å². The third-order valence-corrected chi connectivity index (χ3v) is 2.53. The molecule has 0 unspecified atom stereocenters. The van der Waals surface area contributed by atoms with Crippen molar-refractivity contribution < 1.29 is 4.79 Å². The molecule has 0 aliphatic rings. The zero-order valence-electron chi connectivity index (χ0n) is 11.0. The van der Waals surface area contributed by atoms with E-state index in [1.165, 1.54) is 0 Å². The highest BCUT2D eigenvalue weighted by Crippen LogP contribution is 2.13. The molecule has 0 aliphatic carbocycles. The van der Waals surface area contributed by atoms with E-state index in [2.05, 4.69) is 24.1 Å². The van der Waals surface area contributed by atoms with E-state index in [4.69, 9.17) is 0 Å². The number of carbonyl (C=O) groups is 1. The monoisotopic (exact) mass is 235 g/mol. The summed E-state index contributed by atoms with van der Waals surface area (Å²) in [6.07, 6.45) is 1.69. The van der Waals surface area contributed by atoms with Crippen molar-refractivity contribution in [3.8, 4) is 0 Å². The Morgan fingerprint density at radius 1 is 1.47 bits per heavy atom. The Morgan fingerprint density at radius 3 is 2.76 bits per heavy atom. The maximum atomic E-state index is 11.8. The summed E-state index contributed by atoms with van der Waals surface area (Å²) in [4.78, 5) is 17.9. The maximum absolute atomic E-state index is 11.8. The van der Waals surface area contributed by atoms with E-state index in [0.717, 1.165) is 12.1 Å². The van der Waals surface area contributed by atoms with Gasteiger partial charge in [0.15, 0.2) is 0 Å². The Morgan fingerprint density at radius 2 is 2.18 bits per heavy atom. The van der Waals surface area contributed by atoms with E-state index in [0.29, 0.717) is 18.2 Å². The van der Waals surface area contributed by atoms with Gasteiger partial charge >= 0.3 is 0 Å². The largest absolute Gasteiger partial charge is 0.349 e. The van der Waals surface area contributed by atoms with Crippen LogP contribution in [0.2, 0.25) is 0 Å². The van der Waals surface area contributed by atoms with Crippen LogP contribution in [0, 0.1) is 0 Å². The first-order valence-electron chi connectivity index (χ1n) is 5.89. The smallest absolute Gasteiger partial charge is 0.269 e. The fourth-order valence-electron chi connectivity index (χ4n) is 1.41. The number of carbonyl (C=O) groups excluding carboxylic acids is 1. The van der Waals surface area contributed by atoms with Gasteiger partial charge in [-0.2, -0.15) is 0 Å². The van der Waals surface area contributed by atoms with Crippen molar-refractivity contribution in [2.45, 2.75) is 19.8 Å². The summed E-state index contributed by atoms with van der Waals surface area (Å²) in [5.74, 6) is 0.306. The molecule has 0 atom stereocenters. The molecule has 0 radical (unpaired) electrons. The third-order valence-electron chi connectivity index (χ3n) is 2.53. The first-order valence-corrected chi connectivity index (χ1v) is 5.89. The molecule has 1 rings (SSSR count). The lowest BCUT2D eigenvalue weighted by Gasteiger charge is -2.11. The minimum atomic E-state index is -0.102. The molecular formula is C13H21N3O. The molecule has 0 fully saturated rings. The van der Waals surface area contributed by atoms with E-state index in [9.17, 15) is 4.79 Å². The second-order valence-corrected chi connectivity index (χ2v) is 4.69. The zero-order valence-corrected chi connectivity index (χ0v) is 11.0. The molecule has 1 amide bonds. The Labute approximate surface area is 103 Å². The Kier molecular flexibility index (Phi) is 5.10. The number of nitrogens with zero attached hydrogens (tertiary/aromatic N) is 2. The lowest BCUT2D eigenvalue weighted by molar-refractivity contribution is 0.0946. The van der Waals surface area contributed by atoms with Crippen LogP contribution in [-0.2, 0) is 0 Å². The van der Waals surface area contributed by atoms with E-state index in [1.54, 1.807) is 6.20 Å². The van der Waals surface area contributed by atoms with Gasteiger partial charge in [0.25, 0.3) is 5.91 Å². The Hall–Kier alpha value is -1.42. The van der Waals surface area contributed by atoms with Crippen LogP contribution in [0.3, 0.4) is 0 Å². The van der Waals surface area contributed by atoms with E-state index >= 15 is 0 Å². The number of hydrogen-bond acceptors (Lipinski definition) is 3. The van der Waals surface area contributed by atoms with Gasteiger partial charge in [-0.25, -0.2) is 0 Å². The second-order valence-electron chi connectivity index (χ2n) is 4.69. The van der Waals surface area contributed by atoms with Crippen molar-refractivity contribution >= 4 is 5.91 Å². The molecule has 0 aliphatic heterocycles. The van der Waals surface area contributed by atoms with Crippen LogP contribution in [-0.4, -0.2) is 43.0 Å². The minimum Gasteiger partial charge on any atom is -0.349 e. The van der Waals surface area contributed by atoms with Crippen LogP contribution in [0.5, 0.6) is 0 Å². The summed E-state index contributed by atoms with van der Waals surface area (Å²) in [5, 5.41) is 2.85. The van der Waals surface area contributed by atoms with Gasteiger partial charge in [-0.1, -0.05) is 13.8 Å². The standard InChI is InChI=1S/C13H21N3O/c1-10(2)11-5-6-14-12(9-11)13(17)15-7-8-16(3)4/h5-6,9-10H,7-8H2,1-4H3,(H,15,17). The molecule has 4 heteroatoms. The molecular weight excluding hydrogens is 214 g/mol. The maximum Gasteiger partial charge on any atom is 0.269 e. The molecule has 0 aromatic carbocycles. The molecule has 4 nitrogen and oxygen atoms in total. The molecule has 0 saturated heterocycles. The quantitative estimate of drug-likeness (QED) is 0.841. The van der Waals surface area contributed by atoms with Crippen LogP contribution >= 0.6 is 0 Å². The van der Waals surface area contributed by atoms with Crippen molar-refractivity contribution in [2.75, 3.05) is 27.2 Å². The number of rotatable bonds is 5. The fourth-order valence-corrected chi connectivity index (χ4v) is 1.41. The van der Waals surface area contributed by atoms with E-state index < -0.39 is 0 Å². The number of hydrogen-bond donors (Lipinski definition) is 1. The van der Waals surface area contributed by atoms with E-state index in [-0.39, 0.29) is 5.91 Å². The van der Waals surface area contributed by atoms with Gasteiger partial charge in [-0.05, 0) is 37.7 Å². The summed E-state index contributed by atoms with van der Waals surface area (Å²) in [5.41, 5.74) is 1.63. The fraction of sp³-hybridized carbons (Fsp3) is 0.538. The first-order chi connectivity index (χ1) is 8.00. The molecule has 1 aromatic heterocycles. The Bertz CT molecular complexity index is 375. The summed E-state index contributed by atoms with van der Waals surface area (Å²) >= 11 is 0. The topological polar surface area (TPSA) is 45.2 Å². The average molecular weight is 235 g/mol. The highest BCUT2D eigenvalue weighted by atomic mass is 16.1. The predicted octanol–water partition coefficient (Wildman–Crippen LogP) is 1.50. The highest BCUT2D eigenvalue weighted by Gasteiger charge is 2.08. The van der Waals surface area contributed by atoms with Crippen molar-refractivity contribution in [1.29, 1.82) is 0 Å². The number of amides is 1. The molecule has 1 heterocycles. The summed E-state index contributed by atoms with van der Waals surface area (Å²) in [6, 6.07) is 3.80. The first kappa shape index (κ1) is 13.6. The highest BCUT2D eigenvalue weighted by molar-refractivity contribution is 5.92. The molecule has 1 N–H and O–H groups in total. The number of nitrogens with one attached hydrogen (secondary N) is 1. The van der Waals surface area contributed by atoms with Crippen LogP contribution in [0.25, 0.3) is 0 Å². The van der Waals surface area contributed by atoms with Crippen molar-refractivity contribution in [1.82, 2.24) is 15.2 Å². The molecule has 17 heavy (non-hydrogen) atoms. The summed E-state index contributed by atoms with van der Waals surface area (Å²) in [6.45, 7) is 5.67. The minimum absolute atomic E-state index is 0.102. The Balaban J connectivity index is 2.59. The normalized spacial score (nSPS) is 10.9. The van der Waals surface area contributed by atoms with Gasteiger partial charge in [-0.15, -0.1) is 0 Å². The van der Waals surface area contributed by atoms with Crippen molar-refractivity contribution in [2.24, 2.45) is 0 Å². The summed E-state index contributed by atoms with van der Waals surface area (Å²) in [7, 11) is 3.95. The van der Waals surface area contributed by atoms with Gasteiger partial charge in [0, 0.05) is 19.3 Å². The van der Waals surface area contributed by atoms with Crippen LogP contribution < -0.4 is 5.32 Å². The van der Waals surface area contributed by atoms with Gasteiger partial charge < -0.3 is 10.2 Å². The summed E-state index contributed by atoms with van der Waals surface area (Å²) < 4.78 is 0. The molecule has 0 spiro atoms. The van der Waals surface area contributed by atoms with Crippen LogP contribution in [0.15, 0.2) is 18.3 Å².